The van der Waals surface area contributed by atoms with E-state index in [1.807, 2.05) is 6.92 Å². The number of nitrogens with two attached hydrogens (primary N) is 2. The van der Waals surface area contributed by atoms with Gasteiger partial charge in [-0.15, -0.1) is 0 Å². The lowest BCUT2D eigenvalue weighted by Crippen LogP contribution is -2.13. The normalized spacial score (nSPS) is 11.6. The van der Waals surface area contributed by atoms with Crippen LogP contribution in [0.2, 0.25) is 0 Å². The lowest BCUT2D eigenvalue weighted by molar-refractivity contribution is 0.844. The predicted molar refractivity (Wildman–Crippen MR) is 45.0 cm³/mol. The molecule has 3 nitrogen and oxygen atoms in total. The molecule has 0 heterocycles. The highest BCUT2D eigenvalue weighted by molar-refractivity contribution is 5.95. The minimum Gasteiger partial charge on any atom is -0.384 e. The first-order valence-corrected chi connectivity index (χ1v) is 3.34. The standard InChI is InChI=1S/C7H15N3/c1-6(2)7(9)10-5-3-4-8/h1,3-5,8H2,2H3,(H2,9,10). The third-order valence-electron chi connectivity index (χ3n) is 1.08. The minimum absolute atomic E-state index is 0.536. The lowest BCUT2D eigenvalue weighted by atomic mass is 10.3. The second kappa shape index (κ2) is 4.99. The van der Waals surface area contributed by atoms with E-state index in [-0.39, 0.29) is 0 Å². The molecule has 0 amide bonds. The number of nitrogens with zero attached hydrogens (tertiary/aromatic N) is 1. The Morgan fingerprint density at radius 3 is 2.60 bits per heavy atom. The molecular weight excluding hydrogens is 126 g/mol. The first-order chi connectivity index (χ1) is 4.68. The van der Waals surface area contributed by atoms with Gasteiger partial charge >= 0.3 is 0 Å². The molecule has 0 aromatic heterocycles. The van der Waals surface area contributed by atoms with Crippen LogP contribution in [0, 0.1) is 0 Å². The summed E-state index contributed by atoms with van der Waals surface area (Å²) in [5.74, 6) is 0.536. The zero-order valence-electron chi connectivity index (χ0n) is 6.43. The summed E-state index contributed by atoms with van der Waals surface area (Å²) in [4.78, 5) is 4.03. The fourth-order valence-electron chi connectivity index (χ4n) is 0.426. The minimum atomic E-state index is 0.536. The van der Waals surface area contributed by atoms with Gasteiger partial charge in [0.2, 0.25) is 0 Å². The Hall–Kier alpha value is -0.830. The van der Waals surface area contributed by atoms with Crippen LogP contribution in [0.1, 0.15) is 13.3 Å². The Kier molecular flexibility index (Phi) is 4.58. The van der Waals surface area contributed by atoms with E-state index in [1.165, 1.54) is 0 Å². The van der Waals surface area contributed by atoms with Gasteiger partial charge in [-0.3, -0.25) is 4.99 Å². The van der Waals surface area contributed by atoms with Crippen LogP contribution >= 0.6 is 0 Å². The Bertz CT molecular complexity index is 138. The van der Waals surface area contributed by atoms with Gasteiger partial charge in [-0.2, -0.15) is 0 Å². The van der Waals surface area contributed by atoms with Crippen molar-refractivity contribution in [3.05, 3.63) is 12.2 Å². The first-order valence-electron chi connectivity index (χ1n) is 3.34. The maximum atomic E-state index is 5.47. The molecule has 4 N–H and O–H groups in total. The van der Waals surface area contributed by atoms with Crippen LogP contribution in [0.4, 0.5) is 0 Å². The second-order valence-electron chi connectivity index (χ2n) is 2.19. The smallest absolute Gasteiger partial charge is 0.120 e. The van der Waals surface area contributed by atoms with E-state index in [4.69, 9.17) is 11.5 Å². The van der Waals surface area contributed by atoms with Crippen molar-refractivity contribution in [1.82, 2.24) is 0 Å². The molecule has 0 saturated heterocycles. The van der Waals surface area contributed by atoms with Crippen molar-refractivity contribution in [1.29, 1.82) is 0 Å². The predicted octanol–water partition coefficient (Wildman–Crippen LogP) is 0.268. The molecule has 0 aromatic carbocycles. The van der Waals surface area contributed by atoms with Gasteiger partial charge in [0.05, 0.1) is 0 Å². The number of rotatable bonds is 4. The fraction of sp³-hybridized carbons (Fsp3) is 0.571. The highest BCUT2D eigenvalue weighted by Gasteiger charge is 1.89. The molecule has 0 rings (SSSR count). The average Bonchev–Trinajstić information content (AvgIpc) is 1.88. The van der Waals surface area contributed by atoms with Crippen LogP contribution in [0.5, 0.6) is 0 Å². The van der Waals surface area contributed by atoms with Crippen molar-refractivity contribution in [2.24, 2.45) is 16.5 Å². The number of amidine groups is 1. The van der Waals surface area contributed by atoms with Crippen molar-refractivity contribution in [3.8, 4) is 0 Å². The quantitative estimate of drug-likeness (QED) is 0.335. The average molecular weight is 141 g/mol. The molecule has 0 aliphatic heterocycles. The molecular formula is C7H15N3. The highest BCUT2D eigenvalue weighted by atomic mass is 14.8. The van der Waals surface area contributed by atoms with Gasteiger partial charge in [0.1, 0.15) is 5.84 Å². The summed E-state index contributed by atoms with van der Waals surface area (Å²) in [6.45, 7) is 6.84. The summed E-state index contributed by atoms with van der Waals surface area (Å²) in [6, 6.07) is 0. The van der Waals surface area contributed by atoms with E-state index in [2.05, 4.69) is 11.6 Å². The second-order valence-corrected chi connectivity index (χ2v) is 2.19. The van der Waals surface area contributed by atoms with Gasteiger partial charge in [0.15, 0.2) is 0 Å². The van der Waals surface area contributed by atoms with Gasteiger partial charge in [-0.25, -0.2) is 0 Å². The summed E-state index contributed by atoms with van der Waals surface area (Å²) in [5, 5.41) is 0. The molecule has 0 unspecified atom stereocenters. The van der Waals surface area contributed by atoms with Crippen LogP contribution in [-0.2, 0) is 0 Å². The Balaban J connectivity index is 3.58. The van der Waals surface area contributed by atoms with Crippen molar-refractivity contribution < 1.29 is 0 Å². The molecule has 10 heavy (non-hydrogen) atoms. The molecule has 0 bridgehead atoms. The monoisotopic (exact) mass is 141 g/mol. The number of hydrogen-bond acceptors (Lipinski definition) is 2. The molecule has 0 aliphatic rings. The Morgan fingerprint density at radius 1 is 1.60 bits per heavy atom. The summed E-state index contributed by atoms with van der Waals surface area (Å²) in [6.07, 6.45) is 0.883. The summed E-state index contributed by atoms with van der Waals surface area (Å²) >= 11 is 0. The number of aliphatic imine (C=N–C) groups is 1. The Morgan fingerprint density at radius 2 is 2.20 bits per heavy atom. The van der Waals surface area contributed by atoms with Crippen LogP contribution < -0.4 is 11.5 Å². The molecule has 0 saturated carbocycles. The summed E-state index contributed by atoms with van der Waals surface area (Å²) in [7, 11) is 0. The summed E-state index contributed by atoms with van der Waals surface area (Å²) in [5.41, 5.74) is 11.5. The van der Waals surface area contributed by atoms with Crippen molar-refractivity contribution >= 4 is 5.84 Å². The molecule has 0 fully saturated rings. The van der Waals surface area contributed by atoms with Gasteiger partial charge in [-0.1, -0.05) is 6.58 Å². The molecule has 3 heteroatoms. The van der Waals surface area contributed by atoms with E-state index in [9.17, 15) is 0 Å². The Labute approximate surface area is 61.8 Å². The summed E-state index contributed by atoms with van der Waals surface area (Å²) < 4.78 is 0. The third-order valence-corrected chi connectivity index (χ3v) is 1.08. The van der Waals surface area contributed by atoms with Crippen LogP contribution in [0.25, 0.3) is 0 Å². The van der Waals surface area contributed by atoms with Gasteiger partial charge in [0.25, 0.3) is 0 Å². The van der Waals surface area contributed by atoms with E-state index in [0.717, 1.165) is 12.0 Å². The van der Waals surface area contributed by atoms with Crippen LogP contribution in [0.15, 0.2) is 17.1 Å². The van der Waals surface area contributed by atoms with Crippen molar-refractivity contribution in [2.75, 3.05) is 13.1 Å². The maximum Gasteiger partial charge on any atom is 0.120 e. The van der Waals surface area contributed by atoms with E-state index in [1.54, 1.807) is 0 Å². The van der Waals surface area contributed by atoms with Gasteiger partial charge in [-0.05, 0) is 25.5 Å². The van der Waals surface area contributed by atoms with Crippen molar-refractivity contribution in [2.45, 2.75) is 13.3 Å². The van der Waals surface area contributed by atoms with E-state index < -0.39 is 0 Å². The third kappa shape index (κ3) is 4.09. The zero-order valence-corrected chi connectivity index (χ0v) is 6.43. The largest absolute Gasteiger partial charge is 0.384 e. The SMILES string of the molecule is C=C(C)C(N)=NCCCN. The molecule has 0 aromatic rings. The number of hydrogen-bond donors (Lipinski definition) is 2. The lowest BCUT2D eigenvalue weighted by Gasteiger charge is -1.96. The fourth-order valence-corrected chi connectivity index (χ4v) is 0.426. The maximum absolute atomic E-state index is 5.47. The molecule has 0 aliphatic carbocycles. The van der Waals surface area contributed by atoms with Crippen LogP contribution in [0.3, 0.4) is 0 Å². The van der Waals surface area contributed by atoms with Gasteiger partial charge in [0, 0.05) is 6.54 Å². The zero-order chi connectivity index (χ0) is 7.98. The van der Waals surface area contributed by atoms with E-state index in [0.29, 0.717) is 18.9 Å². The van der Waals surface area contributed by atoms with Gasteiger partial charge < -0.3 is 11.5 Å². The van der Waals surface area contributed by atoms with Crippen molar-refractivity contribution in [3.63, 3.8) is 0 Å². The molecule has 0 radical (unpaired) electrons. The highest BCUT2D eigenvalue weighted by Crippen LogP contribution is 1.87. The topological polar surface area (TPSA) is 64.4 Å². The molecule has 58 valence electrons. The van der Waals surface area contributed by atoms with E-state index >= 15 is 0 Å². The first kappa shape index (κ1) is 9.17. The van der Waals surface area contributed by atoms with Crippen LogP contribution in [-0.4, -0.2) is 18.9 Å². The molecule has 0 atom stereocenters. The molecule has 0 spiro atoms.